The van der Waals surface area contributed by atoms with Crippen LogP contribution < -0.4 is 0 Å². The van der Waals surface area contributed by atoms with Crippen molar-refractivity contribution in [3.05, 3.63) is 47.5 Å². The van der Waals surface area contributed by atoms with E-state index in [1.807, 2.05) is 36.4 Å². The van der Waals surface area contributed by atoms with Crippen molar-refractivity contribution in [2.24, 2.45) is 0 Å². The van der Waals surface area contributed by atoms with Gasteiger partial charge in [0.25, 0.3) is 0 Å². The molecule has 19 heavy (non-hydrogen) atoms. The third-order valence-corrected chi connectivity index (χ3v) is 3.32. The molecular formula is C15H12O4. The third-order valence-electron chi connectivity index (χ3n) is 3.32. The summed E-state index contributed by atoms with van der Waals surface area (Å²) in [6.45, 7) is 0. The van der Waals surface area contributed by atoms with E-state index in [0.29, 0.717) is 12.0 Å². The van der Waals surface area contributed by atoms with Crippen molar-refractivity contribution in [2.45, 2.75) is 18.9 Å². The van der Waals surface area contributed by atoms with Gasteiger partial charge in [0.05, 0.1) is 12.0 Å². The van der Waals surface area contributed by atoms with Crippen LogP contribution in [0.4, 0.5) is 0 Å². The Bertz CT molecular complexity index is 675. The van der Waals surface area contributed by atoms with Crippen molar-refractivity contribution < 1.29 is 19.4 Å². The maximum absolute atomic E-state index is 11.9. The van der Waals surface area contributed by atoms with Gasteiger partial charge in [-0.25, -0.2) is 4.79 Å². The highest BCUT2D eigenvalue weighted by atomic mass is 16.5. The number of carbonyl (C=O) groups is 2. The number of rotatable bonds is 2. The van der Waals surface area contributed by atoms with Gasteiger partial charge in [-0.05, 0) is 22.4 Å². The summed E-state index contributed by atoms with van der Waals surface area (Å²) in [6, 6.07) is 11.5. The summed E-state index contributed by atoms with van der Waals surface area (Å²) < 4.78 is 5.15. The molecule has 0 aliphatic carbocycles. The number of fused-ring (bicyclic) bond motifs is 2. The van der Waals surface area contributed by atoms with Crippen LogP contribution in [0.15, 0.2) is 36.4 Å². The van der Waals surface area contributed by atoms with Crippen molar-refractivity contribution in [1.82, 2.24) is 0 Å². The quantitative estimate of drug-likeness (QED) is 0.838. The first-order valence-corrected chi connectivity index (χ1v) is 6.08. The molecule has 0 aromatic heterocycles. The normalized spacial score (nSPS) is 17.9. The molecule has 3 rings (SSSR count). The summed E-state index contributed by atoms with van der Waals surface area (Å²) in [6.07, 6.45) is -0.269. The Hall–Kier alpha value is -2.36. The molecule has 0 fully saturated rings. The number of hydrogen-bond donors (Lipinski definition) is 1. The molecular weight excluding hydrogens is 244 g/mol. The van der Waals surface area contributed by atoms with Gasteiger partial charge in [0.1, 0.15) is 6.10 Å². The predicted octanol–water partition coefficient (Wildman–Crippen LogP) is 2.40. The number of ether oxygens (including phenoxy) is 1. The highest BCUT2D eigenvalue weighted by Crippen LogP contribution is 2.27. The highest BCUT2D eigenvalue weighted by molar-refractivity contribution is 5.98. The van der Waals surface area contributed by atoms with Gasteiger partial charge in [0.2, 0.25) is 0 Å². The van der Waals surface area contributed by atoms with Crippen LogP contribution in [0.3, 0.4) is 0 Å². The Morgan fingerprint density at radius 2 is 1.95 bits per heavy atom. The van der Waals surface area contributed by atoms with Crippen molar-refractivity contribution in [3.8, 4) is 0 Å². The molecule has 4 nitrogen and oxygen atoms in total. The van der Waals surface area contributed by atoms with Gasteiger partial charge in [0, 0.05) is 6.42 Å². The Labute approximate surface area is 109 Å². The van der Waals surface area contributed by atoms with Gasteiger partial charge >= 0.3 is 11.9 Å². The second-order valence-corrected chi connectivity index (χ2v) is 4.69. The maximum Gasteiger partial charge on any atom is 0.338 e. The van der Waals surface area contributed by atoms with Crippen molar-refractivity contribution in [3.63, 3.8) is 0 Å². The van der Waals surface area contributed by atoms with Gasteiger partial charge < -0.3 is 9.84 Å². The molecule has 0 spiro atoms. The molecule has 0 saturated heterocycles. The van der Waals surface area contributed by atoms with Crippen molar-refractivity contribution in [2.75, 3.05) is 0 Å². The first kappa shape index (κ1) is 11.7. The van der Waals surface area contributed by atoms with Crippen molar-refractivity contribution >= 4 is 22.7 Å². The predicted molar refractivity (Wildman–Crippen MR) is 69.1 cm³/mol. The summed E-state index contributed by atoms with van der Waals surface area (Å²) >= 11 is 0. The first-order chi connectivity index (χ1) is 9.13. The van der Waals surface area contributed by atoms with Gasteiger partial charge in [-0.15, -0.1) is 0 Å². The van der Waals surface area contributed by atoms with Crippen molar-refractivity contribution in [1.29, 1.82) is 0 Å². The zero-order valence-electron chi connectivity index (χ0n) is 10.1. The monoisotopic (exact) mass is 256 g/mol. The summed E-state index contributed by atoms with van der Waals surface area (Å²) in [5.74, 6) is -1.39. The zero-order chi connectivity index (χ0) is 13.4. The number of carbonyl (C=O) groups excluding carboxylic acids is 1. The minimum absolute atomic E-state index is 0.155. The second-order valence-electron chi connectivity index (χ2n) is 4.69. The fourth-order valence-corrected chi connectivity index (χ4v) is 2.46. The van der Waals surface area contributed by atoms with Crippen LogP contribution in [0.2, 0.25) is 0 Å². The summed E-state index contributed by atoms with van der Waals surface area (Å²) in [5, 5.41) is 10.8. The number of esters is 1. The molecule has 1 aliphatic rings. The van der Waals surface area contributed by atoms with E-state index in [1.165, 1.54) is 0 Å². The molecule has 96 valence electrons. The van der Waals surface area contributed by atoms with E-state index in [9.17, 15) is 9.59 Å². The number of carboxylic acids is 1. The highest BCUT2D eigenvalue weighted by Gasteiger charge is 2.28. The molecule has 0 bridgehead atoms. The summed E-state index contributed by atoms with van der Waals surface area (Å²) in [5.41, 5.74) is 1.40. The Balaban J connectivity index is 2.04. The van der Waals surface area contributed by atoms with E-state index in [0.717, 1.165) is 16.3 Å². The van der Waals surface area contributed by atoms with Crippen LogP contribution in [0.25, 0.3) is 10.8 Å². The summed E-state index contributed by atoms with van der Waals surface area (Å²) in [4.78, 5) is 22.6. The lowest BCUT2D eigenvalue weighted by molar-refractivity contribution is -0.139. The average molecular weight is 256 g/mol. The number of cyclic esters (lactones) is 1. The third kappa shape index (κ3) is 2.17. The van der Waals surface area contributed by atoms with E-state index >= 15 is 0 Å². The SMILES string of the molecule is O=C(O)CC1Cc2cc3ccccc3cc2C(=O)O1. The molecule has 0 radical (unpaired) electrons. The molecule has 4 heteroatoms. The topological polar surface area (TPSA) is 63.6 Å². The molecule has 1 heterocycles. The van der Waals surface area contributed by atoms with E-state index < -0.39 is 18.0 Å². The van der Waals surface area contributed by atoms with E-state index in [1.54, 1.807) is 0 Å². The van der Waals surface area contributed by atoms with Crippen LogP contribution in [-0.4, -0.2) is 23.1 Å². The fourth-order valence-electron chi connectivity index (χ4n) is 2.46. The molecule has 1 N–H and O–H groups in total. The molecule has 0 saturated carbocycles. The minimum atomic E-state index is -0.956. The molecule has 1 aliphatic heterocycles. The Morgan fingerprint density at radius 3 is 2.63 bits per heavy atom. The van der Waals surface area contributed by atoms with Gasteiger partial charge in [-0.3, -0.25) is 4.79 Å². The number of aliphatic carboxylic acids is 1. The molecule has 1 atom stereocenters. The van der Waals surface area contributed by atoms with Crippen LogP contribution in [0.5, 0.6) is 0 Å². The first-order valence-electron chi connectivity index (χ1n) is 6.08. The van der Waals surface area contributed by atoms with Gasteiger partial charge in [-0.2, -0.15) is 0 Å². The standard InChI is InChI=1S/C15H12O4/c16-14(17)8-12-6-11-5-9-3-1-2-4-10(9)7-13(11)15(18)19-12/h1-5,7,12H,6,8H2,(H,16,17). The molecule has 2 aromatic carbocycles. The smallest absolute Gasteiger partial charge is 0.338 e. The van der Waals surface area contributed by atoms with Crippen LogP contribution in [-0.2, 0) is 16.0 Å². The Kier molecular flexibility index (Phi) is 2.71. The van der Waals surface area contributed by atoms with Crippen LogP contribution in [0.1, 0.15) is 22.3 Å². The largest absolute Gasteiger partial charge is 0.481 e. The zero-order valence-corrected chi connectivity index (χ0v) is 10.1. The fraction of sp³-hybridized carbons (Fsp3) is 0.200. The molecule has 2 aromatic rings. The summed E-state index contributed by atoms with van der Waals surface area (Å²) in [7, 11) is 0. The number of benzene rings is 2. The Morgan fingerprint density at radius 1 is 1.26 bits per heavy atom. The lowest BCUT2D eigenvalue weighted by Gasteiger charge is -2.24. The lowest BCUT2D eigenvalue weighted by atomic mass is 9.94. The molecule has 1 unspecified atom stereocenters. The molecule has 0 amide bonds. The van der Waals surface area contributed by atoms with E-state index in [-0.39, 0.29) is 6.42 Å². The lowest BCUT2D eigenvalue weighted by Crippen LogP contribution is -2.29. The van der Waals surface area contributed by atoms with Crippen LogP contribution >= 0.6 is 0 Å². The minimum Gasteiger partial charge on any atom is -0.481 e. The average Bonchev–Trinajstić information content (AvgIpc) is 2.36. The van der Waals surface area contributed by atoms with E-state index in [4.69, 9.17) is 9.84 Å². The second kappa shape index (κ2) is 4.39. The van der Waals surface area contributed by atoms with Gasteiger partial charge in [0.15, 0.2) is 0 Å². The number of carboxylic acid groups (broad SMARTS) is 1. The number of hydrogen-bond acceptors (Lipinski definition) is 3. The van der Waals surface area contributed by atoms with Gasteiger partial charge in [-0.1, -0.05) is 30.3 Å². The van der Waals surface area contributed by atoms with E-state index in [2.05, 4.69) is 0 Å². The maximum atomic E-state index is 11.9. The van der Waals surface area contributed by atoms with Crippen LogP contribution in [0, 0.1) is 0 Å².